The first-order valence-corrected chi connectivity index (χ1v) is 7.93. The van der Waals surface area contributed by atoms with E-state index in [0.717, 1.165) is 57.0 Å². The van der Waals surface area contributed by atoms with Crippen molar-refractivity contribution in [3.05, 3.63) is 0 Å². The minimum atomic E-state index is -0.153. The smallest absolute Gasteiger partial charge is 0.251 e. The fourth-order valence-electron chi connectivity index (χ4n) is 2.84. The van der Waals surface area contributed by atoms with Gasteiger partial charge in [0.2, 0.25) is 0 Å². The first-order chi connectivity index (χ1) is 8.33. The van der Waals surface area contributed by atoms with E-state index in [1.807, 2.05) is 0 Å². The molecule has 0 radical (unpaired) electrons. The highest BCUT2D eigenvalue weighted by atomic mass is 79.9. The topological polar surface area (TPSA) is 29.5 Å². The quantitative estimate of drug-likeness (QED) is 0.750. The lowest BCUT2D eigenvalue weighted by atomic mass is 9.98. The molecule has 2 unspecified atom stereocenters. The van der Waals surface area contributed by atoms with E-state index in [4.69, 9.17) is 4.74 Å². The molecule has 0 aromatic heterocycles. The minimum absolute atomic E-state index is 0.153. The van der Waals surface area contributed by atoms with Crippen LogP contribution in [0.15, 0.2) is 0 Å². The highest BCUT2D eigenvalue weighted by Crippen LogP contribution is 2.24. The number of amides is 1. The van der Waals surface area contributed by atoms with E-state index in [1.54, 1.807) is 0 Å². The molecule has 2 fully saturated rings. The molecule has 0 spiro atoms. The van der Waals surface area contributed by atoms with Crippen LogP contribution in [0.3, 0.4) is 0 Å². The molecule has 2 aliphatic rings. The number of hydrogen-bond donors (Lipinski definition) is 0. The number of piperidine rings is 1. The molecule has 3 nitrogen and oxygen atoms in total. The second-order valence-corrected chi connectivity index (χ2v) is 5.81. The Kier molecular flexibility index (Phi) is 5.29. The molecule has 1 amide bonds. The number of likely N-dealkylation sites (tertiary alicyclic amines) is 1. The molecular weight excluding hydrogens is 282 g/mol. The Bertz CT molecular complexity index is 252. The van der Waals surface area contributed by atoms with Crippen LogP contribution in [0.5, 0.6) is 0 Å². The lowest BCUT2D eigenvalue weighted by Gasteiger charge is -2.38. The maximum Gasteiger partial charge on any atom is 0.251 e. The first kappa shape index (κ1) is 13.3. The summed E-state index contributed by atoms with van der Waals surface area (Å²) < 4.78 is 5.62. The maximum absolute atomic E-state index is 12.4. The fraction of sp³-hybridized carbons (Fsp3) is 0.923. The van der Waals surface area contributed by atoms with Gasteiger partial charge in [-0.1, -0.05) is 15.9 Å². The summed E-state index contributed by atoms with van der Waals surface area (Å²) in [7, 11) is 0. The zero-order valence-electron chi connectivity index (χ0n) is 10.4. The predicted molar refractivity (Wildman–Crippen MR) is 71.4 cm³/mol. The second kappa shape index (κ2) is 6.74. The van der Waals surface area contributed by atoms with Gasteiger partial charge in [-0.2, -0.15) is 0 Å². The van der Waals surface area contributed by atoms with Crippen molar-refractivity contribution >= 4 is 21.8 Å². The lowest BCUT2D eigenvalue weighted by Crippen LogP contribution is -2.49. The summed E-state index contributed by atoms with van der Waals surface area (Å²) in [6.07, 6.45) is 7.63. The Balaban J connectivity index is 1.94. The molecule has 2 aliphatic heterocycles. The number of alkyl halides is 1. The van der Waals surface area contributed by atoms with Gasteiger partial charge in [-0.3, -0.25) is 4.79 Å². The van der Waals surface area contributed by atoms with Crippen molar-refractivity contribution in [2.45, 2.75) is 57.1 Å². The van der Waals surface area contributed by atoms with Gasteiger partial charge in [0.25, 0.3) is 5.91 Å². The van der Waals surface area contributed by atoms with Gasteiger partial charge in [0.1, 0.15) is 6.10 Å². The minimum Gasteiger partial charge on any atom is -0.368 e. The van der Waals surface area contributed by atoms with E-state index in [2.05, 4.69) is 20.8 Å². The van der Waals surface area contributed by atoms with Crippen molar-refractivity contribution in [1.82, 2.24) is 4.90 Å². The Labute approximate surface area is 112 Å². The molecule has 0 aliphatic carbocycles. The van der Waals surface area contributed by atoms with Crippen LogP contribution < -0.4 is 0 Å². The summed E-state index contributed by atoms with van der Waals surface area (Å²) in [5.41, 5.74) is 0. The largest absolute Gasteiger partial charge is 0.368 e. The van der Waals surface area contributed by atoms with Crippen molar-refractivity contribution in [3.8, 4) is 0 Å². The van der Waals surface area contributed by atoms with E-state index in [9.17, 15) is 4.79 Å². The van der Waals surface area contributed by atoms with Gasteiger partial charge >= 0.3 is 0 Å². The molecule has 0 bridgehead atoms. The molecule has 0 saturated carbocycles. The number of nitrogens with zero attached hydrogens (tertiary/aromatic N) is 1. The molecule has 2 atom stereocenters. The van der Waals surface area contributed by atoms with Crippen molar-refractivity contribution in [1.29, 1.82) is 0 Å². The lowest BCUT2D eigenvalue weighted by molar-refractivity contribution is -0.150. The molecule has 0 aromatic rings. The van der Waals surface area contributed by atoms with Gasteiger partial charge in [-0.05, 0) is 44.9 Å². The van der Waals surface area contributed by atoms with Crippen LogP contribution in [0, 0.1) is 0 Å². The number of rotatable bonds is 3. The first-order valence-electron chi connectivity index (χ1n) is 6.81. The second-order valence-electron chi connectivity index (χ2n) is 5.01. The fourth-order valence-corrected chi connectivity index (χ4v) is 3.37. The third-order valence-electron chi connectivity index (χ3n) is 3.81. The van der Waals surface area contributed by atoms with Gasteiger partial charge in [0, 0.05) is 24.5 Å². The van der Waals surface area contributed by atoms with Crippen molar-refractivity contribution < 1.29 is 9.53 Å². The van der Waals surface area contributed by atoms with Crippen LogP contribution in [0.1, 0.15) is 44.9 Å². The summed E-state index contributed by atoms with van der Waals surface area (Å²) in [4.78, 5) is 14.5. The van der Waals surface area contributed by atoms with Crippen LogP contribution in [0.25, 0.3) is 0 Å². The summed E-state index contributed by atoms with van der Waals surface area (Å²) in [5, 5.41) is 0.979. The molecule has 4 heteroatoms. The highest BCUT2D eigenvalue weighted by Gasteiger charge is 2.32. The van der Waals surface area contributed by atoms with Crippen molar-refractivity contribution in [3.63, 3.8) is 0 Å². The number of carbonyl (C=O) groups is 1. The van der Waals surface area contributed by atoms with E-state index in [1.165, 1.54) is 6.42 Å². The molecular formula is C13H22BrNO2. The Hall–Kier alpha value is -0.0900. The normalized spacial score (nSPS) is 30.3. The average Bonchev–Trinajstić information content (AvgIpc) is 2.40. The highest BCUT2D eigenvalue weighted by molar-refractivity contribution is 9.09. The Morgan fingerprint density at radius 1 is 1.24 bits per heavy atom. The number of hydrogen-bond acceptors (Lipinski definition) is 2. The van der Waals surface area contributed by atoms with Gasteiger partial charge in [-0.25, -0.2) is 0 Å². The third kappa shape index (κ3) is 3.44. The average molecular weight is 304 g/mol. The van der Waals surface area contributed by atoms with Gasteiger partial charge in [-0.15, -0.1) is 0 Å². The van der Waals surface area contributed by atoms with Crippen molar-refractivity contribution in [2.75, 3.05) is 18.5 Å². The zero-order chi connectivity index (χ0) is 12.1. The molecule has 0 N–H and O–H groups in total. The third-order valence-corrected chi connectivity index (χ3v) is 4.27. The van der Waals surface area contributed by atoms with Crippen LogP contribution >= 0.6 is 15.9 Å². The summed E-state index contributed by atoms with van der Waals surface area (Å²) in [6.45, 7) is 1.68. The standard InChI is InChI=1S/C13H22BrNO2/c14-8-7-11-5-1-3-9-15(11)13(16)12-6-2-4-10-17-12/h11-12H,1-10H2. The molecule has 2 rings (SSSR count). The van der Waals surface area contributed by atoms with E-state index in [0.29, 0.717) is 6.04 Å². The number of carbonyl (C=O) groups excluding carboxylic acids is 1. The van der Waals surface area contributed by atoms with E-state index in [-0.39, 0.29) is 12.0 Å². The molecule has 17 heavy (non-hydrogen) atoms. The zero-order valence-corrected chi connectivity index (χ0v) is 12.0. The van der Waals surface area contributed by atoms with E-state index < -0.39 is 0 Å². The summed E-state index contributed by atoms with van der Waals surface area (Å²) >= 11 is 3.49. The molecule has 98 valence electrons. The monoisotopic (exact) mass is 303 g/mol. The molecule has 0 aromatic carbocycles. The number of halogens is 1. The van der Waals surface area contributed by atoms with Crippen LogP contribution in [0.4, 0.5) is 0 Å². The van der Waals surface area contributed by atoms with Gasteiger partial charge < -0.3 is 9.64 Å². The van der Waals surface area contributed by atoms with Crippen LogP contribution in [-0.2, 0) is 9.53 Å². The Morgan fingerprint density at radius 3 is 2.76 bits per heavy atom. The van der Waals surface area contributed by atoms with Crippen LogP contribution in [-0.4, -0.2) is 41.4 Å². The summed E-state index contributed by atoms with van der Waals surface area (Å²) in [5.74, 6) is 0.246. The number of ether oxygens (including phenoxy) is 1. The van der Waals surface area contributed by atoms with Crippen LogP contribution in [0.2, 0.25) is 0 Å². The summed E-state index contributed by atoms with van der Waals surface area (Å²) in [6, 6.07) is 0.432. The van der Waals surface area contributed by atoms with E-state index >= 15 is 0 Å². The Morgan fingerprint density at radius 2 is 2.06 bits per heavy atom. The van der Waals surface area contributed by atoms with Gasteiger partial charge in [0.05, 0.1) is 0 Å². The maximum atomic E-state index is 12.4. The van der Waals surface area contributed by atoms with Gasteiger partial charge in [0.15, 0.2) is 0 Å². The predicted octanol–water partition coefficient (Wildman–Crippen LogP) is 2.72. The van der Waals surface area contributed by atoms with Crippen molar-refractivity contribution in [2.24, 2.45) is 0 Å². The molecule has 2 saturated heterocycles. The molecule has 2 heterocycles. The SMILES string of the molecule is O=C(C1CCCCO1)N1CCCCC1CCBr.